The van der Waals surface area contributed by atoms with Crippen LogP contribution in [0.4, 0.5) is 13.2 Å². The Labute approximate surface area is 132 Å². The Bertz CT molecular complexity index is 651. The summed E-state index contributed by atoms with van der Waals surface area (Å²) >= 11 is 0. The van der Waals surface area contributed by atoms with Crippen LogP contribution in [0.2, 0.25) is 0 Å². The maximum absolute atomic E-state index is 12.6. The molecule has 1 N–H and O–H groups in total. The Balaban J connectivity index is 2.15. The molecule has 0 saturated carbocycles. The fourth-order valence-electron chi connectivity index (χ4n) is 2.01. The van der Waals surface area contributed by atoms with Crippen LogP contribution in [0.15, 0.2) is 42.5 Å². The maximum Gasteiger partial charge on any atom is 0.418 e. The van der Waals surface area contributed by atoms with Gasteiger partial charge >= 0.3 is 6.18 Å². The van der Waals surface area contributed by atoms with Crippen LogP contribution in [0.25, 0.3) is 0 Å². The minimum atomic E-state index is -4.73. The fourth-order valence-corrected chi connectivity index (χ4v) is 2.01. The van der Waals surface area contributed by atoms with Gasteiger partial charge in [-0.1, -0.05) is 35.9 Å². The number of hydrogen-bond donors (Lipinski definition) is 1. The Morgan fingerprint density at radius 2 is 1.70 bits per heavy atom. The van der Waals surface area contributed by atoms with E-state index in [1.54, 1.807) is 0 Å². The van der Waals surface area contributed by atoms with Crippen LogP contribution in [0.5, 0.6) is 11.5 Å². The standard InChI is InChI=1S/C17H17F3O3/c1-11-3-5-12(6-4-11)10-23-14-8-7-13(9-15(14)22-2)16(21)17(18,19)20/h3-9,16,21H,10H2,1-2H3. The molecule has 2 aromatic rings. The molecular weight excluding hydrogens is 309 g/mol. The van der Waals surface area contributed by atoms with Gasteiger partial charge in [-0.05, 0) is 30.2 Å². The first-order valence-corrected chi connectivity index (χ1v) is 6.92. The highest BCUT2D eigenvalue weighted by atomic mass is 19.4. The average Bonchev–Trinajstić information content (AvgIpc) is 2.52. The number of ether oxygens (including phenoxy) is 2. The van der Waals surface area contributed by atoms with Gasteiger partial charge < -0.3 is 14.6 Å². The van der Waals surface area contributed by atoms with E-state index >= 15 is 0 Å². The van der Waals surface area contributed by atoms with Gasteiger partial charge in [0.05, 0.1) is 7.11 Å². The van der Waals surface area contributed by atoms with E-state index in [9.17, 15) is 18.3 Å². The summed E-state index contributed by atoms with van der Waals surface area (Å²) in [5.74, 6) is 0.448. The fraction of sp³-hybridized carbons (Fsp3) is 0.294. The van der Waals surface area contributed by atoms with Gasteiger partial charge in [0.15, 0.2) is 17.6 Å². The monoisotopic (exact) mass is 326 g/mol. The molecule has 0 aromatic heterocycles. The van der Waals surface area contributed by atoms with E-state index in [2.05, 4.69) is 0 Å². The summed E-state index contributed by atoms with van der Waals surface area (Å²) in [4.78, 5) is 0. The third-order valence-electron chi connectivity index (χ3n) is 3.33. The van der Waals surface area contributed by atoms with E-state index in [-0.39, 0.29) is 17.9 Å². The number of rotatable bonds is 5. The molecule has 0 aliphatic carbocycles. The summed E-state index contributed by atoms with van der Waals surface area (Å²) in [6.45, 7) is 2.23. The van der Waals surface area contributed by atoms with Crippen LogP contribution in [-0.4, -0.2) is 18.4 Å². The topological polar surface area (TPSA) is 38.7 Å². The molecule has 6 heteroatoms. The lowest BCUT2D eigenvalue weighted by Gasteiger charge is -2.17. The van der Waals surface area contributed by atoms with Crippen molar-refractivity contribution in [1.29, 1.82) is 0 Å². The zero-order chi connectivity index (χ0) is 17.0. The average molecular weight is 326 g/mol. The molecule has 0 heterocycles. The van der Waals surface area contributed by atoms with E-state index in [1.165, 1.54) is 19.2 Å². The van der Waals surface area contributed by atoms with Gasteiger partial charge in [-0.15, -0.1) is 0 Å². The van der Waals surface area contributed by atoms with Gasteiger partial charge in [-0.2, -0.15) is 13.2 Å². The summed E-state index contributed by atoms with van der Waals surface area (Å²) in [6.07, 6.45) is -7.28. The zero-order valence-corrected chi connectivity index (χ0v) is 12.7. The van der Waals surface area contributed by atoms with Crippen LogP contribution in [0, 0.1) is 6.92 Å². The number of hydrogen-bond acceptors (Lipinski definition) is 3. The summed E-state index contributed by atoms with van der Waals surface area (Å²) in [7, 11) is 1.33. The molecule has 23 heavy (non-hydrogen) atoms. The molecule has 0 aliphatic rings. The van der Waals surface area contributed by atoms with E-state index in [1.807, 2.05) is 31.2 Å². The Morgan fingerprint density at radius 1 is 1.04 bits per heavy atom. The first kappa shape index (κ1) is 17.1. The third-order valence-corrected chi connectivity index (χ3v) is 3.33. The van der Waals surface area contributed by atoms with Gasteiger partial charge in [0.2, 0.25) is 0 Å². The quantitative estimate of drug-likeness (QED) is 0.896. The predicted octanol–water partition coefficient (Wildman–Crippen LogP) is 4.18. The molecule has 3 nitrogen and oxygen atoms in total. The number of methoxy groups -OCH3 is 1. The largest absolute Gasteiger partial charge is 0.493 e. The number of aliphatic hydroxyl groups excluding tert-OH is 1. The molecule has 0 fully saturated rings. The van der Waals surface area contributed by atoms with E-state index in [0.717, 1.165) is 17.2 Å². The van der Waals surface area contributed by atoms with Crippen molar-refractivity contribution in [2.75, 3.05) is 7.11 Å². The molecule has 2 rings (SSSR count). The first-order valence-electron chi connectivity index (χ1n) is 6.92. The highest BCUT2D eigenvalue weighted by Crippen LogP contribution is 2.37. The Hall–Kier alpha value is -2.21. The van der Waals surface area contributed by atoms with Crippen molar-refractivity contribution in [1.82, 2.24) is 0 Å². The molecule has 1 atom stereocenters. The number of halogens is 3. The molecule has 0 amide bonds. The molecule has 0 saturated heterocycles. The number of alkyl halides is 3. The van der Waals surface area contributed by atoms with Crippen LogP contribution < -0.4 is 9.47 Å². The summed E-state index contributed by atoms with van der Waals surface area (Å²) in [6, 6.07) is 11.4. The normalized spacial score (nSPS) is 12.8. The first-order chi connectivity index (χ1) is 10.8. The lowest BCUT2D eigenvalue weighted by atomic mass is 10.1. The van der Waals surface area contributed by atoms with Crippen molar-refractivity contribution in [3.63, 3.8) is 0 Å². The number of aryl methyl sites for hydroxylation is 1. The lowest BCUT2D eigenvalue weighted by molar-refractivity contribution is -0.206. The number of aliphatic hydroxyl groups is 1. The maximum atomic E-state index is 12.6. The molecule has 0 radical (unpaired) electrons. The van der Waals surface area contributed by atoms with Crippen LogP contribution in [0.3, 0.4) is 0 Å². The van der Waals surface area contributed by atoms with E-state index in [4.69, 9.17) is 9.47 Å². The highest BCUT2D eigenvalue weighted by Gasteiger charge is 2.39. The minimum Gasteiger partial charge on any atom is -0.493 e. The van der Waals surface area contributed by atoms with Crippen molar-refractivity contribution in [3.05, 3.63) is 59.2 Å². The van der Waals surface area contributed by atoms with E-state index < -0.39 is 12.3 Å². The lowest BCUT2D eigenvalue weighted by Crippen LogP contribution is -2.20. The van der Waals surface area contributed by atoms with Gasteiger partial charge in [-0.25, -0.2) is 0 Å². The Kier molecular flexibility index (Phi) is 5.15. The predicted molar refractivity (Wildman–Crippen MR) is 79.5 cm³/mol. The smallest absolute Gasteiger partial charge is 0.418 e. The molecule has 0 bridgehead atoms. The number of benzene rings is 2. The summed E-state index contributed by atoms with van der Waals surface area (Å²) in [5, 5.41) is 9.28. The second-order valence-corrected chi connectivity index (χ2v) is 5.13. The van der Waals surface area contributed by atoms with E-state index in [0.29, 0.717) is 5.75 Å². The SMILES string of the molecule is COc1cc(C(O)C(F)(F)F)ccc1OCc1ccc(C)cc1. The van der Waals surface area contributed by atoms with Gasteiger partial charge in [-0.3, -0.25) is 0 Å². The van der Waals surface area contributed by atoms with Crippen LogP contribution in [-0.2, 0) is 6.61 Å². The van der Waals surface area contributed by atoms with Crippen molar-refractivity contribution in [2.24, 2.45) is 0 Å². The molecule has 0 aliphatic heterocycles. The van der Waals surface area contributed by atoms with Crippen molar-refractivity contribution < 1.29 is 27.8 Å². The molecule has 1 unspecified atom stereocenters. The molecule has 124 valence electrons. The van der Waals surface area contributed by atoms with Gasteiger partial charge in [0.1, 0.15) is 6.61 Å². The van der Waals surface area contributed by atoms with Crippen molar-refractivity contribution >= 4 is 0 Å². The highest BCUT2D eigenvalue weighted by molar-refractivity contribution is 5.44. The third kappa shape index (κ3) is 4.39. The van der Waals surface area contributed by atoms with Crippen LogP contribution in [0.1, 0.15) is 22.8 Å². The van der Waals surface area contributed by atoms with Gasteiger partial charge in [0.25, 0.3) is 0 Å². The minimum absolute atomic E-state index is 0.137. The molecule has 0 spiro atoms. The zero-order valence-electron chi connectivity index (χ0n) is 12.7. The second kappa shape index (κ2) is 6.91. The van der Waals surface area contributed by atoms with Gasteiger partial charge in [0, 0.05) is 0 Å². The molecular formula is C17H17F3O3. The summed E-state index contributed by atoms with van der Waals surface area (Å²) < 4.78 is 48.3. The summed E-state index contributed by atoms with van der Waals surface area (Å²) in [5.41, 5.74) is 1.76. The molecule has 2 aromatic carbocycles. The van der Waals surface area contributed by atoms with Crippen LogP contribution >= 0.6 is 0 Å². The van der Waals surface area contributed by atoms with Crippen molar-refractivity contribution in [2.45, 2.75) is 25.8 Å². The second-order valence-electron chi connectivity index (χ2n) is 5.13. The Morgan fingerprint density at radius 3 is 2.26 bits per heavy atom. The van der Waals surface area contributed by atoms with Crippen molar-refractivity contribution in [3.8, 4) is 11.5 Å².